The molecule has 1 aromatic rings. The van der Waals surface area contributed by atoms with E-state index in [0.29, 0.717) is 6.54 Å². The second-order valence-electron chi connectivity index (χ2n) is 4.56. The molecule has 0 spiro atoms. The summed E-state index contributed by atoms with van der Waals surface area (Å²) in [6.07, 6.45) is 2.60. The molecule has 1 heterocycles. The summed E-state index contributed by atoms with van der Waals surface area (Å²) in [5.41, 5.74) is 6.67. The first-order valence-corrected chi connectivity index (χ1v) is 5.44. The number of amides is 1. The van der Waals surface area contributed by atoms with E-state index in [-0.39, 0.29) is 5.91 Å². The van der Waals surface area contributed by atoms with Gasteiger partial charge in [-0.25, -0.2) is 0 Å². The molecule has 90 valence electrons. The molecule has 0 aliphatic heterocycles. The predicted molar refractivity (Wildman–Crippen MR) is 64.1 cm³/mol. The van der Waals surface area contributed by atoms with Crippen LogP contribution in [0, 0.1) is 5.41 Å². The van der Waals surface area contributed by atoms with Crippen LogP contribution in [0.4, 0.5) is 5.69 Å². The Hall–Kier alpha value is -1.36. The molecule has 3 N–H and O–H groups in total. The summed E-state index contributed by atoms with van der Waals surface area (Å²) in [6, 6.07) is 0. The Morgan fingerprint density at radius 3 is 2.75 bits per heavy atom. The van der Waals surface area contributed by atoms with Gasteiger partial charge < -0.3 is 11.1 Å². The molecule has 5 nitrogen and oxygen atoms in total. The van der Waals surface area contributed by atoms with Crippen LogP contribution in [0.3, 0.4) is 0 Å². The maximum atomic E-state index is 11.9. The molecule has 16 heavy (non-hydrogen) atoms. The fourth-order valence-corrected chi connectivity index (χ4v) is 1.28. The maximum absolute atomic E-state index is 11.9. The number of carbonyl (C=O) groups is 1. The van der Waals surface area contributed by atoms with Crippen LogP contribution in [0.2, 0.25) is 0 Å². The number of aromatic nitrogens is 2. The summed E-state index contributed by atoms with van der Waals surface area (Å²) in [7, 11) is 1.84. The van der Waals surface area contributed by atoms with E-state index in [1.165, 1.54) is 0 Å². The van der Waals surface area contributed by atoms with Crippen molar-refractivity contribution in [3.05, 3.63) is 11.9 Å². The van der Waals surface area contributed by atoms with Gasteiger partial charge in [0.05, 0.1) is 16.8 Å². The van der Waals surface area contributed by atoms with E-state index in [9.17, 15) is 4.79 Å². The Morgan fingerprint density at radius 2 is 2.25 bits per heavy atom. The second kappa shape index (κ2) is 4.65. The summed E-state index contributed by atoms with van der Waals surface area (Å²) in [6.45, 7) is 5.97. The van der Waals surface area contributed by atoms with E-state index in [2.05, 4.69) is 10.4 Å². The molecule has 1 aromatic heterocycles. The third-order valence-electron chi connectivity index (χ3n) is 2.61. The molecule has 0 saturated heterocycles. The van der Waals surface area contributed by atoms with Gasteiger partial charge in [0.2, 0.25) is 5.91 Å². The zero-order chi connectivity index (χ0) is 12.3. The minimum absolute atomic E-state index is 0.0716. The monoisotopic (exact) mass is 224 g/mol. The number of anilines is 1. The van der Waals surface area contributed by atoms with E-state index >= 15 is 0 Å². The van der Waals surface area contributed by atoms with Crippen molar-refractivity contribution >= 4 is 11.6 Å². The lowest BCUT2D eigenvalue weighted by Gasteiger charge is -2.20. The Labute approximate surface area is 96.0 Å². The van der Waals surface area contributed by atoms with Gasteiger partial charge in [0.15, 0.2) is 0 Å². The minimum Gasteiger partial charge on any atom is -0.329 e. The number of hydrogen-bond acceptors (Lipinski definition) is 3. The summed E-state index contributed by atoms with van der Waals surface area (Å²) >= 11 is 0. The van der Waals surface area contributed by atoms with Gasteiger partial charge in [0.1, 0.15) is 0 Å². The number of nitrogens with two attached hydrogens (primary N) is 1. The lowest BCUT2D eigenvalue weighted by molar-refractivity contribution is -0.123. The summed E-state index contributed by atoms with van der Waals surface area (Å²) in [5.74, 6) is -0.0716. The fourth-order valence-electron chi connectivity index (χ4n) is 1.28. The molecule has 5 heteroatoms. The van der Waals surface area contributed by atoms with E-state index in [1.807, 2.05) is 34.0 Å². The van der Waals surface area contributed by atoms with E-state index in [1.54, 1.807) is 4.68 Å². The largest absolute Gasteiger partial charge is 0.329 e. The van der Waals surface area contributed by atoms with Crippen LogP contribution in [-0.4, -0.2) is 22.2 Å². The van der Waals surface area contributed by atoms with Crippen LogP contribution in [0.15, 0.2) is 6.20 Å². The quantitative estimate of drug-likeness (QED) is 0.798. The molecule has 0 saturated carbocycles. The highest BCUT2D eigenvalue weighted by Crippen LogP contribution is 2.19. The SMILES string of the molecule is CCc1nn(C)cc1NC(=O)C(C)(C)CN. The Balaban J connectivity index is 2.84. The van der Waals surface area contributed by atoms with E-state index in [4.69, 9.17) is 5.73 Å². The average Bonchev–Trinajstić information content (AvgIpc) is 2.58. The number of hydrogen-bond donors (Lipinski definition) is 2. The van der Waals surface area contributed by atoms with Gasteiger partial charge in [-0.2, -0.15) is 5.10 Å². The van der Waals surface area contributed by atoms with Gasteiger partial charge in [0.25, 0.3) is 0 Å². The zero-order valence-electron chi connectivity index (χ0n) is 10.4. The first-order valence-electron chi connectivity index (χ1n) is 5.44. The number of rotatable bonds is 4. The summed E-state index contributed by atoms with van der Waals surface area (Å²) < 4.78 is 1.70. The van der Waals surface area contributed by atoms with Crippen molar-refractivity contribution in [1.29, 1.82) is 0 Å². The average molecular weight is 224 g/mol. The Morgan fingerprint density at radius 1 is 1.62 bits per heavy atom. The van der Waals surface area contributed by atoms with E-state index in [0.717, 1.165) is 17.8 Å². The Bertz CT molecular complexity index is 381. The van der Waals surface area contributed by atoms with Crippen molar-refractivity contribution < 1.29 is 4.79 Å². The number of nitrogens with zero attached hydrogens (tertiary/aromatic N) is 2. The molecule has 0 aliphatic carbocycles. The van der Waals surface area contributed by atoms with Crippen molar-refractivity contribution in [2.45, 2.75) is 27.2 Å². The highest BCUT2D eigenvalue weighted by molar-refractivity contribution is 5.95. The zero-order valence-corrected chi connectivity index (χ0v) is 10.4. The van der Waals surface area contributed by atoms with Crippen LogP contribution >= 0.6 is 0 Å². The minimum atomic E-state index is -0.555. The summed E-state index contributed by atoms with van der Waals surface area (Å²) in [5, 5.41) is 7.13. The second-order valence-corrected chi connectivity index (χ2v) is 4.56. The normalized spacial score (nSPS) is 11.6. The third kappa shape index (κ3) is 2.61. The van der Waals surface area contributed by atoms with Crippen molar-refractivity contribution in [1.82, 2.24) is 9.78 Å². The van der Waals surface area contributed by atoms with Crippen LogP contribution < -0.4 is 11.1 Å². The highest BCUT2D eigenvalue weighted by atomic mass is 16.2. The molecule has 1 rings (SSSR count). The predicted octanol–water partition coefficient (Wildman–Crippen LogP) is 0.906. The van der Waals surface area contributed by atoms with Gasteiger partial charge in [-0.05, 0) is 20.3 Å². The first kappa shape index (κ1) is 12.7. The summed E-state index contributed by atoms with van der Waals surface area (Å²) in [4.78, 5) is 11.9. The first-order chi connectivity index (χ1) is 7.40. The number of aryl methyl sites for hydroxylation is 2. The molecule has 0 bridgehead atoms. The standard InChI is InChI=1S/C11H20N4O/c1-5-8-9(6-15(4)14-8)13-10(16)11(2,3)7-12/h6H,5,7,12H2,1-4H3,(H,13,16). The lowest BCUT2D eigenvalue weighted by Crippen LogP contribution is -2.37. The molecule has 0 radical (unpaired) electrons. The molecule has 1 amide bonds. The molecule has 0 aromatic carbocycles. The van der Waals surface area contributed by atoms with Gasteiger partial charge in [0, 0.05) is 19.8 Å². The van der Waals surface area contributed by atoms with Gasteiger partial charge in [-0.1, -0.05) is 6.92 Å². The van der Waals surface area contributed by atoms with Gasteiger partial charge >= 0.3 is 0 Å². The molecule has 0 aliphatic rings. The smallest absolute Gasteiger partial charge is 0.231 e. The third-order valence-corrected chi connectivity index (χ3v) is 2.61. The number of nitrogens with one attached hydrogen (secondary N) is 1. The Kier molecular flexibility index (Phi) is 3.70. The van der Waals surface area contributed by atoms with Gasteiger partial charge in [-0.3, -0.25) is 9.48 Å². The van der Waals surface area contributed by atoms with Crippen LogP contribution in [0.5, 0.6) is 0 Å². The van der Waals surface area contributed by atoms with E-state index < -0.39 is 5.41 Å². The lowest BCUT2D eigenvalue weighted by atomic mass is 9.92. The van der Waals surface area contributed by atoms with Crippen LogP contribution in [-0.2, 0) is 18.3 Å². The van der Waals surface area contributed by atoms with Crippen LogP contribution in [0.1, 0.15) is 26.5 Å². The molecule has 0 fully saturated rings. The molecular weight excluding hydrogens is 204 g/mol. The van der Waals surface area contributed by atoms with Crippen LogP contribution in [0.25, 0.3) is 0 Å². The number of carbonyl (C=O) groups excluding carboxylic acids is 1. The molecule has 0 atom stereocenters. The maximum Gasteiger partial charge on any atom is 0.231 e. The van der Waals surface area contributed by atoms with Crippen molar-refractivity contribution in [3.63, 3.8) is 0 Å². The van der Waals surface area contributed by atoms with Crippen molar-refractivity contribution in [2.24, 2.45) is 18.2 Å². The topological polar surface area (TPSA) is 72.9 Å². The molecular formula is C11H20N4O. The fraction of sp³-hybridized carbons (Fsp3) is 0.636. The van der Waals surface area contributed by atoms with Crippen molar-refractivity contribution in [2.75, 3.05) is 11.9 Å². The van der Waals surface area contributed by atoms with Gasteiger partial charge in [-0.15, -0.1) is 0 Å². The van der Waals surface area contributed by atoms with Crippen molar-refractivity contribution in [3.8, 4) is 0 Å². The highest BCUT2D eigenvalue weighted by Gasteiger charge is 2.26. The molecule has 0 unspecified atom stereocenters.